The van der Waals surface area contributed by atoms with Gasteiger partial charge in [0, 0.05) is 18.7 Å². The van der Waals surface area contributed by atoms with Crippen molar-refractivity contribution >= 4 is 11.6 Å². The van der Waals surface area contributed by atoms with Crippen LogP contribution in [0.1, 0.15) is 23.2 Å². The molecule has 5 nitrogen and oxygen atoms in total. The monoisotopic (exact) mass is 263 g/mol. The topological polar surface area (TPSA) is 67.6 Å². The number of hydrogen-bond donors (Lipinski definition) is 2. The molecular formula is C14H21N3O2. The highest BCUT2D eigenvalue weighted by molar-refractivity contribution is 5.95. The van der Waals surface area contributed by atoms with Crippen LogP contribution in [0.25, 0.3) is 0 Å². The Morgan fingerprint density at radius 3 is 2.84 bits per heavy atom. The summed E-state index contributed by atoms with van der Waals surface area (Å²) in [5.74, 6) is 0.449. The maximum atomic E-state index is 12.0. The van der Waals surface area contributed by atoms with E-state index in [-0.39, 0.29) is 5.91 Å². The Kier molecular flexibility index (Phi) is 4.63. The van der Waals surface area contributed by atoms with Crippen molar-refractivity contribution in [3.05, 3.63) is 23.8 Å². The van der Waals surface area contributed by atoms with Crippen LogP contribution >= 0.6 is 0 Å². The van der Waals surface area contributed by atoms with Crippen LogP contribution in [-0.2, 0) is 0 Å². The second-order valence-corrected chi connectivity index (χ2v) is 4.76. The molecule has 1 fully saturated rings. The highest BCUT2D eigenvalue weighted by Crippen LogP contribution is 2.21. The van der Waals surface area contributed by atoms with Crippen LogP contribution in [0.2, 0.25) is 0 Å². The molecule has 1 amide bonds. The van der Waals surface area contributed by atoms with Gasteiger partial charge in [-0.25, -0.2) is 0 Å². The van der Waals surface area contributed by atoms with E-state index in [1.165, 1.54) is 12.8 Å². The number of nitrogen functional groups attached to an aromatic ring is 1. The van der Waals surface area contributed by atoms with E-state index in [9.17, 15) is 4.79 Å². The molecule has 0 aromatic heterocycles. The average molecular weight is 263 g/mol. The van der Waals surface area contributed by atoms with Crippen molar-refractivity contribution < 1.29 is 9.53 Å². The van der Waals surface area contributed by atoms with Gasteiger partial charge in [0.15, 0.2) is 0 Å². The van der Waals surface area contributed by atoms with Gasteiger partial charge < -0.3 is 20.7 Å². The molecule has 1 aromatic carbocycles. The Morgan fingerprint density at radius 1 is 1.42 bits per heavy atom. The van der Waals surface area contributed by atoms with E-state index in [1.54, 1.807) is 25.3 Å². The molecule has 0 unspecified atom stereocenters. The molecule has 0 atom stereocenters. The normalized spacial score (nSPS) is 15.4. The molecule has 5 heteroatoms. The number of nitrogens with zero attached hydrogens (tertiary/aromatic N) is 1. The summed E-state index contributed by atoms with van der Waals surface area (Å²) in [6.07, 6.45) is 2.53. The van der Waals surface area contributed by atoms with Crippen LogP contribution in [0, 0.1) is 0 Å². The van der Waals surface area contributed by atoms with E-state index in [1.807, 2.05) is 0 Å². The van der Waals surface area contributed by atoms with Crippen LogP contribution in [0.3, 0.4) is 0 Å². The van der Waals surface area contributed by atoms with Crippen molar-refractivity contribution in [1.82, 2.24) is 10.2 Å². The number of nitrogens with two attached hydrogens (primary N) is 1. The number of carbonyl (C=O) groups is 1. The Balaban J connectivity index is 1.85. The number of benzene rings is 1. The third-order valence-electron chi connectivity index (χ3n) is 3.41. The smallest absolute Gasteiger partial charge is 0.251 e. The standard InChI is InChI=1S/C14H21N3O2/c1-19-13-10-11(4-5-12(13)15)14(18)16-6-9-17-7-2-3-8-17/h4-5,10H,2-3,6-9,15H2,1H3,(H,16,18). The molecule has 0 bridgehead atoms. The molecule has 0 saturated carbocycles. The van der Waals surface area contributed by atoms with Crippen molar-refractivity contribution in [2.45, 2.75) is 12.8 Å². The molecule has 3 N–H and O–H groups in total. The maximum absolute atomic E-state index is 12.0. The van der Waals surface area contributed by atoms with Gasteiger partial charge in [-0.1, -0.05) is 0 Å². The number of nitrogens with one attached hydrogen (secondary N) is 1. The lowest BCUT2D eigenvalue weighted by atomic mass is 10.2. The first-order chi connectivity index (χ1) is 9.20. The van der Waals surface area contributed by atoms with E-state index in [0.29, 0.717) is 23.5 Å². The van der Waals surface area contributed by atoms with Crippen molar-refractivity contribution in [3.8, 4) is 5.75 Å². The highest BCUT2D eigenvalue weighted by Gasteiger charge is 2.12. The third kappa shape index (κ3) is 3.61. The van der Waals surface area contributed by atoms with Gasteiger partial charge in [0.2, 0.25) is 0 Å². The number of likely N-dealkylation sites (tertiary alicyclic amines) is 1. The lowest BCUT2D eigenvalue weighted by molar-refractivity contribution is 0.0949. The first kappa shape index (κ1) is 13.7. The molecule has 1 aromatic rings. The molecule has 0 aliphatic carbocycles. The SMILES string of the molecule is COc1cc(C(=O)NCCN2CCCC2)ccc1N. The van der Waals surface area contributed by atoms with Gasteiger partial charge in [-0.05, 0) is 44.1 Å². The van der Waals surface area contributed by atoms with Crippen LogP contribution in [0.5, 0.6) is 5.75 Å². The fourth-order valence-corrected chi connectivity index (χ4v) is 2.29. The maximum Gasteiger partial charge on any atom is 0.251 e. The van der Waals surface area contributed by atoms with Gasteiger partial charge in [-0.2, -0.15) is 0 Å². The van der Waals surface area contributed by atoms with Crippen molar-refractivity contribution in [1.29, 1.82) is 0 Å². The number of hydrogen-bond acceptors (Lipinski definition) is 4. The number of rotatable bonds is 5. The zero-order valence-electron chi connectivity index (χ0n) is 11.3. The summed E-state index contributed by atoms with van der Waals surface area (Å²) in [5.41, 5.74) is 6.83. The van der Waals surface area contributed by atoms with E-state index in [0.717, 1.165) is 19.6 Å². The van der Waals surface area contributed by atoms with Gasteiger partial charge in [-0.15, -0.1) is 0 Å². The summed E-state index contributed by atoms with van der Waals surface area (Å²) >= 11 is 0. The quantitative estimate of drug-likeness (QED) is 0.781. The van der Waals surface area contributed by atoms with Gasteiger partial charge >= 0.3 is 0 Å². The number of carbonyl (C=O) groups excluding carboxylic acids is 1. The van der Waals surface area contributed by atoms with Crippen molar-refractivity contribution in [2.24, 2.45) is 0 Å². The second kappa shape index (κ2) is 6.43. The Hall–Kier alpha value is -1.75. The largest absolute Gasteiger partial charge is 0.495 e. The van der Waals surface area contributed by atoms with Gasteiger partial charge in [0.1, 0.15) is 5.75 Å². The molecule has 104 valence electrons. The number of ether oxygens (including phenoxy) is 1. The van der Waals surface area contributed by atoms with Crippen molar-refractivity contribution in [3.63, 3.8) is 0 Å². The van der Waals surface area contributed by atoms with Crippen molar-refractivity contribution in [2.75, 3.05) is 39.0 Å². The summed E-state index contributed by atoms with van der Waals surface area (Å²) in [4.78, 5) is 14.3. The fourth-order valence-electron chi connectivity index (χ4n) is 2.29. The summed E-state index contributed by atoms with van der Waals surface area (Å²) < 4.78 is 5.11. The number of amides is 1. The van der Waals surface area contributed by atoms with Crippen LogP contribution in [-0.4, -0.2) is 44.1 Å². The Labute approximate surface area is 113 Å². The summed E-state index contributed by atoms with van der Waals surface area (Å²) in [5, 5.41) is 2.92. The second-order valence-electron chi connectivity index (χ2n) is 4.76. The molecule has 0 radical (unpaired) electrons. The zero-order valence-corrected chi connectivity index (χ0v) is 11.3. The molecule has 1 aliphatic rings. The molecule has 0 spiro atoms. The van der Waals surface area contributed by atoms with Crippen LogP contribution in [0.4, 0.5) is 5.69 Å². The minimum Gasteiger partial charge on any atom is -0.495 e. The van der Waals surface area contributed by atoms with Gasteiger partial charge in [-0.3, -0.25) is 4.79 Å². The first-order valence-corrected chi connectivity index (χ1v) is 6.65. The predicted octanol–water partition coefficient (Wildman–Crippen LogP) is 1.10. The van der Waals surface area contributed by atoms with E-state index in [4.69, 9.17) is 10.5 Å². The number of anilines is 1. The molecular weight excluding hydrogens is 242 g/mol. The summed E-state index contributed by atoms with van der Waals surface area (Å²) in [6.45, 7) is 3.88. The molecule has 19 heavy (non-hydrogen) atoms. The highest BCUT2D eigenvalue weighted by atomic mass is 16.5. The van der Waals surface area contributed by atoms with Crippen LogP contribution < -0.4 is 15.8 Å². The average Bonchev–Trinajstić information content (AvgIpc) is 2.92. The Morgan fingerprint density at radius 2 is 2.16 bits per heavy atom. The lowest BCUT2D eigenvalue weighted by Gasteiger charge is -2.15. The predicted molar refractivity (Wildman–Crippen MR) is 75.4 cm³/mol. The van der Waals surface area contributed by atoms with Gasteiger partial charge in [0.25, 0.3) is 5.91 Å². The molecule has 1 aliphatic heterocycles. The molecule has 1 heterocycles. The minimum atomic E-state index is -0.0857. The third-order valence-corrected chi connectivity index (χ3v) is 3.41. The van der Waals surface area contributed by atoms with E-state index in [2.05, 4.69) is 10.2 Å². The van der Waals surface area contributed by atoms with Crippen LogP contribution in [0.15, 0.2) is 18.2 Å². The van der Waals surface area contributed by atoms with Gasteiger partial charge in [0.05, 0.1) is 12.8 Å². The van der Waals surface area contributed by atoms with E-state index < -0.39 is 0 Å². The molecule has 2 rings (SSSR count). The fraction of sp³-hybridized carbons (Fsp3) is 0.500. The first-order valence-electron chi connectivity index (χ1n) is 6.65. The minimum absolute atomic E-state index is 0.0857. The Bertz CT molecular complexity index is 442. The zero-order chi connectivity index (χ0) is 13.7. The van der Waals surface area contributed by atoms with E-state index >= 15 is 0 Å². The summed E-state index contributed by atoms with van der Waals surface area (Å²) in [7, 11) is 1.54. The molecule has 1 saturated heterocycles. The lowest BCUT2D eigenvalue weighted by Crippen LogP contribution is -2.33. The number of methoxy groups -OCH3 is 1. The summed E-state index contributed by atoms with van der Waals surface area (Å²) in [6, 6.07) is 5.07.